The van der Waals surface area contributed by atoms with Gasteiger partial charge in [-0.05, 0) is 24.9 Å². The Morgan fingerprint density at radius 3 is 2.38 bits per heavy atom. The molecule has 1 unspecified atom stereocenters. The van der Waals surface area contributed by atoms with Gasteiger partial charge in [-0.3, -0.25) is 9.69 Å². The standard InChI is InChI=1S/C19H21NO/c21-19(17-10-5-2-6-11-17)18-12-7-13-20(15-18)14-16-8-3-1-4-9-16/h1-6,8-11,18H,7,12-15H2. The number of carbonyl (C=O) groups excluding carboxylic acids is 1. The Bertz CT molecular complexity index is 579. The number of likely N-dealkylation sites (tertiary alicyclic amines) is 1. The molecule has 21 heavy (non-hydrogen) atoms. The first kappa shape index (κ1) is 14.0. The average molecular weight is 279 g/mol. The summed E-state index contributed by atoms with van der Waals surface area (Å²) in [5.74, 6) is 0.443. The maximum atomic E-state index is 12.6. The smallest absolute Gasteiger partial charge is 0.167 e. The minimum absolute atomic E-state index is 0.143. The van der Waals surface area contributed by atoms with Crippen LogP contribution < -0.4 is 0 Å². The van der Waals surface area contributed by atoms with Gasteiger partial charge in [-0.25, -0.2) is 0 Å². The molecule has 0 radical (unpaired) electrons. The highest BCUT2D eigenvalue weighted by Crippen LogP contribution is 2.22. The van der Waals surface area contributed by atoms with Gasteiger partial charge in [0.05, 0.1) is 0 Å². The van der Waals surface area contributed by atoms with Gasteiger partial charge in [0.1, 0.15) is 0 Å². The maximum Gasteiger partial charge on any atom is 0.167 e. The molecule has 2 heteroatoms. The highest BCUT2D eigenvalue weighted by atomic mass is 16.1. The van der Waals surface area contributed by atoms with Crippen LogP contribution in [0.15, 0.2) is 60.7 Å². The van der Waals surface area contributed by atoms with E-state index in [0.29, 0.717) is 5.78 Å². The number of benzene rings is 2. The van der Waals surface area contributed by atoms with Crippen molar-refractivity contribution in [2.45, 2.75) is 19.4 Å². The lowest BCUT2D eigenvalue weighted by molar-refractivity contribution is 0.0811. The quantitative estimate of drug-likeness (QED) is 0.794. The Morgan fingerprint density at radius 2 is 1.67 bits per heavy atom. The molecule has 1 heterocycles. The monoisotopic (exact) mass is 279 g/mol. The van der Waals surface area contributed by atoms with E-state index < -0.39 is 0 Å². The number of rotatable bonds is 4. The molecule has 0 N–H and O–H groups in total. The van der Waals surface area contributed by atoms with Crippen molar-refractivity contribution in [3.63, 3.8) is 0 Å². The molecule has 2 nitrogen and oxygen atoms in total. The van der Waals surface area contributed by atoms with Crippen LogP contribution in [-0.4, -0.2) is 23.8 Å². The summed E-state index contributed by atoms with van der Waals surface area (Å²) in [7, 11) is 0. The summed E-state index contributed by atoms with van der Waals surface area (Å²) in [6.45, 7) is 2.91. The largest absolute Gasteiger partial charge is 0.298 e. The Kier molecular flexibility index (Phi) is 4.46. The summed E-state index contributed by atoms with van der Waals surface area (Å²) in [6.07, 6.45) is 2.12. The van der Waals surface area contributed by atoms with Crippen LogP contribution >= 0.6 is 0 Å². The topological polar surface area (TPSA) is 20.3 Å². The van der Waals surface area contributed by atoms with Crippen molar-refractivity contribution in [3.8, 4) is 0 Å². The predicted octanol–water partition coefficient (Wildman–Crippen LogP) is 3.78. The third-order valence-corrected chi connectivity index (χ3v) is 4.18. The zero-order valence-electron chi connectivity index (χ0n) is 12.2. The molecule has 3 rings (SSSR count). The lowest BCUT2D eigenvalue weighted by atomic mass is 9.90. The molecular weight excluding hydrogens is 258 g/mol. The lowest BCUT2D eigenvalue weighted by Crippen LogP contribution is -2.38. The molecule has 1 aliphatic heterocycles. The number of ketones is 1. The number of hydrogen-bond acceptors (Lipinski definition) is 2. The van der Waals surface area contributed by atoms with Gasteiger partial charge in [0, 0.05) is 24.6 Å². The molecular formula is C19H21NO. The minimum Gasteiger partial charge on any atom is -0.298 e. The van der Waals surface area contributed by atoms with E-state index in [9.17, 15) is 4.79 Å². The van der Waals surface area contributed by atoms with Gasteiger partial charge in [-0.1, -0.05) is 60.7 Å². The van der Waals surface area contributed by atoms with E-state index in [1.54, 1.807) is 0 Å². The van der Waals surface area contributed by atoms with Crippen LogP contribution in [0.4, 0.5) is 0 Å². The second-order valence-electron chi connectivity index (χ2n) is 5.79. The molecule has 108 valence electrons. The van der Waals surface area contributed by atoms with Crippen LogP contribution in [0.25, 0.3) is 0 Å². The Balaban J connectivity index is 1.64. The highest BCUT2D eigenvalue weighted by Gasteiger charge is 2.26. The molecule has 0 aromatic heterocycles. The zero-order valence-corrected chi connectivity index (χ0v) is 12.2. The number of nitrogens with zero attached hydrogens (tertiary/aromatic N) is 1. The maximum absolute atomic E-state index is 12.6. The number of piperidine rings is 1. The van der Waals surface area contributed by atoms with Crippen molar-refractivity contribution in [2.75, 3.05) is 13.1 Å². The van der Waals surface area contributed by atoms with Crippen molar-refractivity contribution in [3.05, 3.63) is 71.8 Å². The third kappa shape index (κ3) is 3.59. The van der Waals surface area contributed by atoms with E-state index >= 15 is 0 Å². The van der Waals surface area contributed by atoms with Gasteiger partial charge >= 0.3 is 0 Å². The number of Topliss-reactive ketones (excluding diaryl/α,β-unsaturated/α-hetero) is 1. The van der Waals surface area contributed by atoms with E-state index in [1.165, 1.54) is 5.56 Å². The van der Waals surface area contributed by atoms with Crippen LogP contribution in [-0.2, 0) is 6.54 Å². The van der Waals surface area contributed by atoms with Gasteiger partial charge in [0.25, 0.3) is 0 Å². The van der Waals surface area contributed by atoms with E-state index in [-0.39, 0.29) is 5.92 Å². The summed E-state index contributed by atoms with van der Waals surface area (Å²) < 4.78 is 0. The Morgan fingerprint density at radius 1 is 1.00 bits per heavy atom. The summed E-state index contributed by atoms with van der Waals surface area (Å²) in [4.78, 5) is 15.0. The molecule has 1 aliphatic rings. The van der Waals surface area contributed by atoms with Crippen molar-refractivity contribution < 1.29 is 4.79 Å². The van der Waals surface area contributed by atoms with Gasteiger partial charge in [-0.2, -0.15) is 0 Å². The van der Waals surface area contributed by atoms with Gasteiger partial charge in [0.2, 0.25) is 0 Å². The molecule has 0 bridgehead atoms. The van der Waals surface area contributed by atoms with Crippen molar-refractivity contribution in [1.82, 2.24) is 4.90 Å². The Hall–Kier alpha value is -1.93. The first-order valence-corrected chi connectivity index (χ1v) is 7.68. The molecule has 2 aromatic carbocycles. The lowest BCUT2D eigenvalue weighted by Gasteiger charge is -2.32. The van der Waals surface area contributed by atoms with E-state index in [4.69, 9.17) is 0 Å². The first-order valence-electron chi connectivity index (χ1n) is 7.68. The fraction of sp³-hybridized carbons (Fsp3) is 0.316. The summed E-state index contributed by atoms with van der Waals surface area (Å²) in [5, 5.41) is 0. The SMILES string of the molecule is O=C(c1ccccc1)C1CCCN(Cc2ccccc2)C1. The first-order chi connectivity index (χ1) is 10.3. The molecule has 1 atom stereocenters. The van der Waals surface area contributed by atoms with Crippen LogP contribution in [0, 0.1) is 5.92 Å². The van der Waals surface area contributed by atoms with Crippen LogP contribution in [0.3, 0.4) is 0 Å². The Labute approximate surface area is 126 Å². The molecule has 0 amide bonds. The fourth-order valence-electron chi connectivity index (χ4n) is 3.09. The van der Waals surface area contributed by atoms with Crippen molar-refractivity contribution in [1.29, 1.82) is 0 Å². The number of carbonyl (C=O) groups is 1. The molecule has 1 fully saturated rings. The fourth-order valence-corrected chi connectivity index (χ4v) is 3.09. The van der Waals surface area contributed by atoms with E-state index in [0.717, 1.165) is 38.0 Å². The normalized spacial score (nSPS) is 19.3. The zero-order chi connectivity index (χ0) is 14.5. The minimum atomic E-state index is 0.143. The summed E-state index contributed by atoms with van der Waals surface area (Å²) in [6, 6.07) is 20.2. The molecule has 0 saturated carbocycles. The molecule has 0 spiro atoms. The second-order valence-corrected chi connectivity index (χ2v) is 5.79. The number of hydrogen-bond donors (Lipinski definition) is 0. The van der Waals surface area contributed by atoms with E-state index in [1.807, 2.05) is 36.4 Å². The molecule has 2 aromatic rings. The third-order valence-electron chi connectivity index (χ3n) is 4.18. The van der Waals surface area contributed by atoms with Gasteiger partial charge < -0.3 is 0 Å². The van der Waals surface area contributed by atoms with Crippen LogP contribution in [0.2, 0.25) is 0 Å². The van der Waals surface area contributed by atoms with Crippen molar-refractivity contribution in [2.24, 2.45) is 5.92 Å². The van der Waals surface area contributed by atoms with Crippen LogP contribution in [0.1, 0.15) is 28.8 Å². The molecule has 1 saturated heterocycles. The van der Waals surface area contributed by atoms with E-state index in [2.05, 4.69) is 29.2 Å². The summed E-state index contributed by atoms with van der Waals surface area (Å²) >= 11 is 0. The van der Waals surface area contributed by atoms with Crippen molar-refractivity contribution >= 4 is 5.78 Å². The van der Waals surface area contributed by atoms with Gasteiger partial charge in [-0.15, -0.1) is 0 Å². The molecule has 0 aliphatic carbocycles. The predicted molar refractivity (Wildman–Crippen MR) is 85.2 cm³/mol. The second kappa shape index (κ2) is 6.68. The highest BCUT2D eigenvalue weighted by molar-refractivity contribution is 5.98. The summed E-state index contributed by atoms with van der Waals surface area (Å²) in [5.41, 5.74) is 2.18. The average Bonchev–Trinajstić information content (AvgIpc) is 2.56. The van der Waals surface area contributed by atoms with Gasteiger partial charge in [0.15, 0.2) is 5.78 Å². The van der Waals surface area contributed by atoms with Crippen LogP contribution in [0.5, 0.6) is 0 Å².